The molecule has 0 aromatic carbocycles. The van der Waals surface area contributed by atoms with E-state index in [1.54, 1.807) is 7.05 Å². The Labute approximate surface area is 111 Å². The Bertz CT molecular complexity index is 431. The molecule has 0 spiro atoms. The number of nitrogens with two attached hydrogens (primary N) is 1. The van der Waals surface area contributed by atoms with Gasteiger partial charge in [0.1, 0.15) is 0 Å². The summed E-state index contributed by atoms with van der Waals surface area (Å²) in [4.78, 5) is 24.8. The number of carbonyl (C=O) groups is 2. The van der Waals surface area contributed by atoms with E-state index in [1.165, 1.54) is 15.8 Å². The maximum Gasteiger partial charge on any atom is 0.276 e. The van der Waals surface area contributed by atoms with Crippen molar-refractivity contribution < 1.29 is 9.59 Å². The number of carbonyl (C=O) groups excluding carboxylic acids is 2. The molecule has 19 heavy (non-hydrogen) atoms. The molecule has 0 aliphatic carbocycles. The zero-order chi connectivity index (χ0) is 14.3. The zero-order valence-corrected chi connectivity index (χ0v) is 11.3. The molecule has 0 atom stereocenters. The van der Waals surface area contributed by atoms with E-state index >= 15 is 0 Å². The average Bonchev–Trinajstić information content (AvgIpc) is 2.84. The molecule has 3 N–H and O–H groups in total. The van der Waals surface area contributed by atoms with Crippen molar-refractivity contribution in [2.24, 2.45) is 5.73 Å². The molecular formula is C11H20N6O2. The maximum absolute atomic E-state index is 12.0. The van der Waals surface area contributed by atoms with Crippen LogP contribution in [0.5, 0.6) is 0 Å². The van der Waals surface area contributed by atoms with Gasteiger partial charge in [0.05, 0.1) is 19.3 Å². The fourth-order valence-corrected chi connectivity index (χ4v) is 1.44. The molecule has 1 rings (SSSR count). The van der Waals surface area contributed by atoms with Crippen LogP contribution in [0.4, 0.5) is 0 Å². The molecule has 1 aromatic heterocycles. The van der Waals surface area contributed by atoms with Crippen LogP contribution in [0, 0.1) is 0 Å². The summed E-state index contributed by atoms with van der Waals surface area (Å²) in [5, 5.41) is 10.2. The first-order valence-electron chi connectivity index (χ1n) is 6.20. The van der Waals surface area contributed by atoms with Gasteiger partial charge in [0, 0.05) is 20.1 Å². The van der Waals surface area contributed by atoms with Gasteiger partial charge in [0.2, 0.25) is 5.91 Å². The van der Waals surface area contributed by atoms with Crippen LogP contribution in [0.25, 0.3) is 0 Å². The third-order valence-electron chi connectivity index (χ3n) is 2.42. The lowest BCUT2D eigenvalue weighted by Gasteiger charge is -2.14. The first-order valence-corrected chi connectivity index (χ1v) is 6.20. The van der Waals surface area contributed by atoms with Crippen molar-refractivity contribution in [3.63, 3.8) is 0 Å². The second-order valence-corrected chi connectivity index (χ2v) is 4.17. The fraction of sp³-hybridized carbons (Fsp3) is 0.636. The van der Waals surface area contributed by atoms with E-state index in [4.69, 9.17) is 5.73 Å². The van der Waals surface area contributed by atoms with E-state index < -0.39 is 0 Å². The van der Waals surface area contributed by atoms with Crippen molar-refractivity contribution in [1.29, 1.82) is 0 Å². The van der Waals surface area contributed by atoms with Gasteiger partial charge in [-0.3, -0.25) is 14.3 Å². The highest BCUT2D eigenvalue weighted by Crippen LogP contribution is 1.98. The van der Waals surface area contributed by atoms with Crippen LogP contribution in [-0.4, -0.2) is 58.4 Å². The molecule has 0 bridgehead atoms. The lowest BCUT2D eigenvalue weighted by molar-refractivity contribution is -0.121. The van der Waals surface area contributed by atoms with Crippen LogP contribution in [0.3, 0.4) is 0 Å². The molecule has 0 saturated heterocycles. The first-order chi connectivity index (χ1) is 9.08. The summed E-state index contributed by atoms with van der Waals surface area (Å²) in [6.45, 7) is 3.49. The normalized spacial score (nSPS) is 10.3. The van der Waals surface area contributed by atoms with Crippen molar-refractivity contribution >= 4 is 11.8 Å². The summed E-state index contributed by atoms with van der Waals surface area (Å²) in [6.07, 6.45) is 2.38. The minimum atomic E-state index is -0.338. The van der Waals surface area contributed by atoms with Gasteiger partial charge in [-0.15, -0.1) is 5.10 Å². The summed E-state index contributed by atoms with van der Waals surface area (Å²) in [5.74, 6) is -0.526. The zero-order valence-electron chi connectivity index (χ0n) is 11.3. The van der Waals surface area contributed by atoms with E-state index in [2.05, 4.69) is 15.6 Å². The number of nitrogens with zero attached hydrogens (tertiary/aromatic N) is 4. The van der Waals surface area contributed by atoms with E-state index in [0.29, 0.717) is 19.6 Å². The fourth-order valence-electron chi connectivity index (χ4n) is 1.44. The standard InChI is InChI=1S/C11H20N6O2/c1-3-5-13-10(18)8-16(2)11(19)9-7-17(6-4-12)15-14-9/h7H,3-6,8,12H2,1-2H3,(H,13,18). The highest BCUT2D eigenvalue weighted by atomic mass is 16.2. The van der Waals surface area contributed by atoms with Gasteiger partial charge in [-0.1, -0.05) is 12.1 Å². The minimum Gasteiger partial charge on any atom is -0.355 e. The van der Waals surface area contributed by atoms with E-state index in [0.717, 1.165) is 6.42 Å². The highest BCUT2D eigenvalue weighted by molar-refractivity contribution is 5.94. The number of rotatable bonds is 7. The van der Waals surface area contributed by atoms with Crippen LogP contribution in [0.2, 0.25) is 0 Å². The van der Waals surface area contributed by atoms with Crippen LogP contribution in [-0.2, 0) is 11.3 Å². The van der Waals surface area contributed by atoms with Crippen molar-refractivity contribution in [2.75, 3.05) is 26.7 Å². The molecule has 1 heterocycles. The predicted octanol–water partition coefficient (Wildman–Crippen LogP) is -1.16. The molecule has 8 heteroatoms. The third kappa shape index (κ3) is 4.66. The van der Waals surface area contributed by atoms with Gasteiger partial charge in [0.25, 0.3) is 5.91 Å². The molecule has 0 aliphatic heterocycles. The summed E-state index contributed by atoms with van der Waals surface area (Å²) in [6, 6.07) is 0. The molecule has 0 radical (unpaired) electrons. The smallest absolute Gasteiger partial charge is 0.276 e. The second-order valence-electron chi connectivity index (χ2n) is 4.17. The van der Waals surface area contributed by atoms with E-state index in [9.17, 15) is 9.59 Å². The molecule has 8 nitrogen and oxygen atoms in total. The second kappa shape index (κ2) is 7.47. The van der Waals surface area contributed by atoms with Crippen molar-refractivity contribution in [3.8, 4) is 0 Å². The van der Waals surface area contributed by atoms with Crippen LogP contribution in [0.1, 0.15) is 23.8 Å². The Hall–Kier alpha value is -1.96. The van der Waals surface area contributed by atoms with Crippen LogP contribution >= 0.6 is 0 Å². The topological polar surface area (TPSA) is 106 Å². The van der Waals surface area contributed by atoms with E-state index in [-0.39, 0.29) is 24.1 Å². The molecular weight excluding hydrogens is 248 g/mol. The molecule has 2 amide bonds. The van der Waals surface area contributed by atoms with Gasteiger partial charge in [-0.25, -0.2) is 0 Å². The summed E-state index contributed by atoms with van der Waals surface area (Å²) >= 11 is 0. The van der Waals surface area contributed by atoms with Crippen LogP contribution in [0.15, 0.2) is 6.20 Å². The SMILES string of the molecule is CCCNC(=O)CN(C)C(=O)c1cn(CCN)nn1. The van der Waals surface area contributed by atoms with Crippen molar-refractivity contribution in [1.82, 2.24) is 25.2 Å². The van der Waals surface area contributed by atoms with Crippen LogP contribution < -0.4 is 11.1 Å². The molecule has 106 valence electrons. The van der Waals surface area contributed by atoms with E-state index in [1.807, 2.05) is 6.92 Å². The van der Waals surface area contributed by atoms with Gasteiger partial charge in [-0.05, 0) is 6.42 Å². The third-order valence-corrected chi connectivity index (χ3v) is 2.42. The molecule has 1 aromatic rings. The number of likely N-dealkylation sites (N-methyl/N-ethyl adjacent to an activating group) is 1. The average molecular weight is 268 g/mol. The highest BCUT2D eigenvalue weighted by Gasteiger charge is 2.17. The summed E-state index contributed by atoms with van der Waals surface area (Å²) in [7, 11) is 1.55. The van der Waals surface area contributed by atoms with Gasteiger partial charge in [0.15, 0.2) is 5.69 Å². The number of nitrogens with one attached hydrogen (secondary N) is 1. The summed E-state index contributed by atoms with van der Waals surface area (Å²) in [5.41, 5.74) is 5.59. The van der Waals surface area contributed by atoms with Gasteiger partial charge in [-0.2, -0.15) is 0 Å². The van der Waals surface area contributed by atoms with Gasteiger partial charge < -0.3 is 16.0 Å². The van der Waals surface area contributed by atoms with Crippen molar-refractivity contribution in [3.05, 3.63) is 11.9 Å². The number of aromatic nitrogens is 3. The Kier molecular flexibility index (Phi) is 5.94. The largest absolute Gasteiger partial charge is 0.355 e. The Balaban J connectivity index is 2.53. The predicted molar refractivity (Wildman–Crippen MR) is 69.3 cm³/mol. The minimum absolute atomic E-state index is 0.00256. The monoisotopic (exact) mass is 268 g/mol. The lowest BCUT2D eigenvalue weighted by Crippen LogP contribution is -2.38. The Morgan fingerprint density at radius 2 is 2.26 bits per heavy atom. The first kappa shape index (κ1) is 15.1. The Morgan fingerprint density at radius 1 is 1.53 bits per heavy atom. The molecule has 0 saturated carbocycles. The Morgan fingerprint density at radius 3 is 2.89 bits per heavy atom. The quantitative estimate of drug-likeness (QED) is 0.648. The lowest BCUT2D eigenvalue weighted by atomic mass is 10.4. The molecule has 0 unspecified atom stereocenters. The number of hydrogen-bond donors (Lipinski definition) is 2. The van der Waals surface area contributed by atoms with Crippen molar-refractivity contribution in [2.45, 2.75) is 19.9 Å². The number of amides is 2. The maximum atomic E-state index is 12.0. The summed E-state index contributed by atoms with van der Waals surface area (Å²) < 4.78 is 1.50. The molecule has 0 aliphatic rings. The molecule has 0 fully saturated rings. The van der Waals surface area contributed by atoms with Gasteiger partial charge >= 0.3 is 0 Å². The number of hydrogen-bond acceptors (Lipinski definition) is 5.